The molecule has 0 aliphatic heterocycles. The van der Waals surface area contributed by atoms with Gasteiger partial charge < -0.3 is 5.32 Å². The zero-order valence-electron chi connectivity index (χ0n) is 11.6. The number of carbonyl (C=O) groups excluding carboxylic acids is 1. The van der Waals surface area contributed by atoms with Crippen molar-refractivity contribution < 1.29 is 4.79 Å². The van der Waals surface area contributed by atoms with Crippen LogP contribution in [0.3, 0.4) is 0 Å². The molecular weight excluding hydrogens is 254 g/mol. The van der Waals surface area contributed by atoms with E-state index < -0.39 is 0 Å². The first kappa shape index (κ1) is 14.0. The summed E-state index contributed by atoms with van der Waals surface area (Å²) in [5, 5.41) is 5.31. The molecule has 0 aliphatic carbocycles. The number of Topliss-reactive ketones (excluding diaryl/α,β-unsaturated/α-hetero) is 1. The molecule has 0 amide bonds. The largest absolute Gasteiger partial charge is 0.313 e. The van der Waals surface area contributed by atoms with Crippen LogP contribution in [0.5, 0.6) is 0 Å². The minimum atomic E-state index is 0.107. The van der Waals surface area contributed by atoms with Crippen LogP contribution in [0.15, 0.2) is 35.7 Å². The van der Waals surface area contributed by atoms with Crippen LogP contribution in [0.25, 0.3) is 10.4 Å². The van der Waals surface area contributed by atoms with E-state index in [1.807, 2.05) is 7.05 Å². The molecule has 0 unspecified atom stereocenters. The number of hydrogen-bond acceptors (Lipinski definition) is 3. The van der Waals surface area contributed by atoms with Gasteiger partial charge in [-0.2, -0.15) is 0 Å². The average Bonchev–Trinajstić information content (AvgIpc) is 2.82. The SMILES string of the molecule is CN[C@@H](CC(C)=O)c1ccc(-c2sccc2C)cc1. The fourth-order valence-corrected chi connectivity index (χ4v) is 3.14. The van der Waals surface area contributed by atoms with Gasteiger partial charge in [0.1, 0.15) is 5.78 Å². The Morgan fingerprint density at radius 2 is 1.95 bits per heavy atom. The van der Waals surface area contributed by atoms with Gasteiger partial charge >= 0.3 is 0 Å². The summed E-state index contributed by atoms with van der Waals surface area (Å²) in [5.41, 5.74) is 3.72. The van der Waals surface area contributed by atoms with Crippen molar-refractivity contribution in [3.63, 3.8) is 0 Å². The van der Waals surface area contributed by atoms with E-state index in [1.54, 1.807) is 18.3 Å². The third kappa shape index (κ3) is 3.31. The van der Waals surface area contributed by atoms with Gasteiger partial charge in [0.25, 0.3) is 0 Å². The van der Waals surface area contributed by atoms with Crippen molar-refractivity contribution in [1.29, 1.82) is 0 Å². The molecule has 0 radical (unpaired) electrons. The molecule has 19 heavy (non-hydrogen) atoms. The van der Waals surface area contributed by atoms with Gasteiger partial charge in [0.05, 0.1) is 0 Å². The van der Waals surface area contributed by atoms with E-state index in [1.165, 1.54) is 16.0 Å². The van der Waals surface area contributed by atoms with E-state index in [-0.39, 0.29) is 11.8 Å². The number of benzene rings is 1. The van der Waals surface area contributed by atoms with E-state index in [4.69, 9.17) is 0 Å². The van der Waals surface area contributed by atoms with Gasteiger partial charge in [-0.05, 0) is 49.0 Å². The Labute approximate surface area is 118 Å². The number of thiophene rings is 1. The first-order valence-corrected chi connectivity index (χ1v) is 7.31. The van der Waals surface area contributed by atoms with Crippen molar-refractivity contribution in [2.24, 2.45) is 0 Å². The van der Waals surface area contributed by atoms with Gasteiger partial charge in [-0.1, -0.05) is 24.3 Å². The number of hydrogen-bond donors (Lipinski definition) is 1. The second-order valence-electron chi connectivity index (χ2n) is 4.80. The number of carbonyl (C=O) groups is 1. The Hall–Kier alpha value is -1.45. The Balaban J connectivity index is 2.22. The lowest BCUT2D eigenvalue weighted by Gasteiger charge is -2.15. The van der Waals surface area contributed by atoms with Crippen LogP contribution >= 0.6 is 11.3 Å². The standard InChI is InChI=1S/C16H19NOS/c1-11-8-9-19-16(11)14-6-4-13(5-7-14)15(17-3)10-12(2)18/h4-9,15,17H,10H2,1-3H3/t15-/m0/s1. The van der Waals surface area contributed by atoms with Gasteiger partial charge in [0, 0.05) is 17.3 Å². The molecule has 1 aromatic heterocycles. The van der Waals surface area contributed by atoms with E-state index in [2.05, 4.69) is 48.0 Å². The maximum atomic E-state index is 11.2. The van der Waals surface area contributed by atoms with Gasteiger partial charge in [-0.25, -0.2) is 0 Å². The van der Waals surface area contributed by atoms with Crippen LogP contribution in [-0.2, 0) is 4.79 Å². The molecule has 1 N–H and O–H groups in total. The fraction of sp³-hybridized carbons (Fsp3) is 0.312. The minimum absolute atomic E-state index is 0.107. The average molecular weight is 273 g/mol. The monoisotopic (exact) mass is 273 g/mol. The Morgan fingerprint density at radius 1 is 1.26 bits per heavy atom. The topological polar surface area (TPSA) is 29.1 Å². The van der Waals surface area contributed by atoms with E-state index in [0.717, 1.165) is 5.56 Å². The van der Waals surface area contributed by atoms with Crippen LogP contribution in [0, 0.1) is 6.92 Å². The summed E-state index contributed by atoms with van der Waals surface area (Å²) >= 11 is 1.76. The highest BCUT2D eigenvalue weighted by Gasteiger charge is 2.12. The maximum Gasteiger partial charge on any atom is 0.131 e. The quantitative estimate of drug-likeness (QED) is 0.893. The molecule has 2 aromatic rings. The molecule has 0 saturated heterocycles. The summed E-state index contributed by atoms with van der Waals surface area (Å²) in [6.07, 6.45) is 0.536. The van der Waals surface area contributed by atoms with Crippen LogP contribution in [0.1, 0.15) is 30.5 Å². The second-order valence-corrected chi connectivity index (χ2v) is 5.72. The molecule has 2 nitrogen and oxygen atoms in total. The predicted molar refractivity (Wildman–Crippen MR) is 81.6 cm³/mol. The summed E-state index contributed by atoms with van der Waals surface area (Å²) < 4.78 is 0. The number of rotatable bonds is 5. The lowest BCUT2D eigenvalue weighted by Crippen LogP contribution is -2.18. The molecule has 0 spiro atoms. The van der Waals surface area contributed by atoms with Gasteiger partial charge in [-0.15, -0.1) is 11.3 Å². The zero-order chi connectivity index (χ0) is 13.8. The molecule has 2 rings (SSSR count). The first-order chi connectivity index (χ1) is 9.11. The van der Waals surface area contributed by atoms with Crippen molar-refractivity contribution >= 4 is 17.1 Å². The van der Waals surface area contributed by atoms with Crippen molar-refractivity contribution in [3.8, 4) is 10.4 Å². The smallest absolute Gasteiger partial charge is 0.131 e. The van der Waals surface area contributed by atoms with Crippen molar-refractivity contribution in [2.45, 2.75) is 26.3 Å². The maximum absolute atomic E-state index is 11.2. The highest BCUT2D eigenvalue weighted by molar-refractivity contribution is 7.13. The van der Waals surface area contributed by atoms with Crippen LogP contribution in [0.4, 0.5) is 0 Å². The van der Waals surface area contributed by atoms with Crippen LogP contribution in [0.2, 0.25) is 0 Å². The fourth-order valence-electron chi connectivity index (χ4n) is 2.21. The molecular formula is C16H19NOS. The predicted octanol–water partition coefficient (Wildman–Crippen LogP) is 3.96. The van der Waals surface area contributed by atoms with Gasteiger partial charge in [0.2, 0.25) is 0 Å². The van der Waals surface area contributed by atoms with E-state index in [9.17, 15) is 4.79 Å². The normalized spacial score (nSPS) is 12.4. The molecule has 0 aliphatic rings. The molecule has 3 heteroatoms. The van der Waals surface area contributed by atoms with Crippen molar-refractivity contribution in [1.82, 2.24) is 5.32 Å². The molecule has 0 fully saturated rings. The number of ketones is 1. The summed E-state index contributed by atoms with van der Waals surface area (Å²) in [7, 11) is 1.89. The Bertz CT molecular complexity index is 556. The number of nitrogens with one attached hydrogen (secondary N) is 1. The third-order valence-corrected chi connectivity index (χ3v) is 4.34. The van der Waals surface area contributed by atoms with E-state index >= 15 is 0 Å². The zero-order valence-corrected chi connectivity index (χ0v) is 12.4. The minimum Gasteiger partial charge on any atom is -0.313 e. The highest BCUT2D eigenvalue weighted by Crippen LogP contribution is 2.30. The summed E-state index contributed by atoms with van der Waals surface area (Å²) in [4.78, 5) is 12.6. The lowest BCUT2D eigenvalue weighted by atomic mass is 10.00. The second kappa shape index (κ2) is 6.13. The van der Waals surface area contributed by atoms with Crippen LogP contribution < -0.4 is 5.32 Å². The third-order valence-electron chi connectivity index (χ3n) is 3.28. The number of aryl methyl sites for hydroxylation is 1. The Kier molecular flexibility index (Phi) is 4.51. The summed E-state index contributed by atoms with van der Waals surface area (Å²) in [5.74, 6) is 0.206. The molecule has 1 heterocycles. The highest BCUT2D eigenvalue weighted by atomic mass is 32.1. The Morgan fingerprint density at radius 3 is 2.42 bits per heavy atom. The molecule has 0 bridgehead atoms. The van der Waals surface area contributed by atoms with Crippen molar-refractivity contribution in [3.05, 3.63) is 46.8 Å². The molecule has 1 atom stereocenters. The molecule has 0 saturated carbocycles. The first-order valence-electron chi connectivity index (χ1n) is 6.43. The van der Waals surface area contributed by atoms with Gasteiger partial charge in [-0.3, -0.25) is 4.79 Å². The lowest BCUT2D eigenvalue weighted by molar-refractivity contribution is -0.117. The summed E-state index contributed by atoms with van der Waals surface area (Å²) in [6.45, 7) is 3.76. The molecule has 1 aromatic carbocycles. The van der Waals surface area contributed by atoms with E-state index in [0.29, 0.717) is 6.42 Å². The van der Waals surface area contributed by atoms with Crippen molar-refractivity contribution in [2.75, 3.05) is 7.05 Å². The van der Waals surface area contributed by atoms with Gasteiger partial charge in [0.15, 0.2) is 0 Å². The molecule has 100 valence electrons. The summed E-state index contributed by atoms with van der Waals surface area (Å²) in [6, 6.07) is 10.7. The van der Waals surface area contributed by atoms with Crippen LogP contribution in [-0.4, -0.2) is 12.8 Å².